The molecule has 0 spiro atoms. The summed E-state index contributed by atoms with van der Waals surface area (Å²) in [5.74, 6) is 0. The molecule has 4 rings (SSSR count). The van der Waals surface area contributed by atoms with E-state index < -0.39 is 5.54 Å². The van der Waals surface area contributed by atoms with Gasteiger partial charge < -0.3 is 0 Å². The van der Waals surface area contributed by atoms with Crippen LogP contribution in [0.3, 0.4) is 0 Å². The first-order chi connectivity index (χ1) is 13.8. The predicted octanol–water partition coefficient (Wildman–Crippen LogP) is 7.07. The zero-order valence-corrected chi connectivity index (χ0v) is 15.9. The third-order valence-corrected chi connectivity index (χ3v) is 4.89. The second-order valence-electron chi connectivity index (χ2n) is 6.85. The summed E-state index contributed by atoms with van der Waals surface area (Å²) in [7, 11) is 0. The Labute approximate surface area is 166 Å². The van der Waals surface area contributed by atoms with Gasteiger partial charge in [0.15, 0.2) is 5.54 Å². The van der Waals surface area contributed by atoms with Crippen LogP contribution >= 0.6 is 0 Å². The average Bonchev–Trinajstić information content (AvgIpc) is 2.77. The lowest BCUT2D eigenvalue weighted by atomic mass is 9.78. The van der Waals surface area contributed by atoms with E-state index in [4.69, 9.17) is 10.2 Å². The summed E-state index contributed by atoms with van der Waals surface area (Å²) in [6.07, 6.45) is 0. The third kappa shape index (κ3) is 3.49. The van der Waals surface area contributed by atoms with Crippen LogP contribution < -0.4 is 0 Å². The number of hydrogen-bond donors (Lipinski definition) is 0. The van der Waals surface area contributed by atoms with Crippen molar-refractivity contribution in [3.8, 4) is 0 Å². The molecular weight excluding hydrogens is 340 g/mol. The van der Waals surface area contributed by atoms with E-state index in [-0.39, 0.29) is 0 Å². The fourth-order valence-corrected chi connectivity index (χ4v) is 3.53. The maximum Gasteiger partial charge on any atom is 0.157 e. The van der Waals surface area contributed by atoms with Crippen molar-refractivity contribution in [2.45, 2.75) is 12.5 Å². The zero-order chi connectivity index (χ0) is 19.2. The molecule has 4 aromatic carbocycles. The molecular formula is C26H22N2. The van der Waals surface area contributed by atoms with Crippen molar-refractivity contribution in [3.63, 3.8) is 0 Å². The third-order valence-electron chi connectivity index (χ3n) is 4.89. The molecule has 0 aliphatic heterocycles. The summed E-state index contributed by atoms with van der Waals surface area (Å²) in [6, 6.07) is 39.3. The molecule has 0 saturated heterocycles. The zero-order valence-electron chi connectivity index (χ0n) is 15.9. The minimum atomic E-state index is -0.715. The summed E-state index contributed by atoms with van der Waals surface area (Å²) >= 11 is 0. The molecule has 4 aromatic rings. The Balaban J connectivity index is 1.98. The van der Waals surface area contributed by atoms with Crippen LogP contribution in [0.5, 0.6) is 0 Å². The number of azo groups is 1. The highest BCUT2D eigenvalue weighted by atomic mass is 15.2. The molecule has 0 saturated carbocycles. The lowest BCUT2D eigenvalue weighted by Gasteiger charge is -2.30. The van der Waals surface area contributed by atoms with E-state index in [2.05, 4.69) is 91.9 Å². The Kier molecular flexibility index (Phi) is 5.11. The Bertz CT molecular complexity index is 958. The quantitative estimate of drug-likeness (QED) is 0.268. The second kappa shape index (κ2) is 8.01. The molecule has 0 bridgehead atoms. The predicted molar refractivity (Wildman–Crippen MR) is 115 cm³/mol. The van der Waals surface area contributed by atoms with Crippen LogP contribution in [0.4, 0.5) is 5.69 Å². The van der Waals surface area contributed by atoms with Crippen LogP contribution in [-0.2, 0) is 5.54 Å². The van der Waals surface area contributed by atoms with E-state index in [0.717, 1.165) is 22.4 Å². The molecule has 2 heteroatoms. The van der Waals surface area contributed by atoms with Crippen molar-refractivity contribution in [3.05, 3.63) is 138 Å². The van der Waals surface area contributed by atoms with E-state index in [1.165, 1.54) is 5.56 Å². The number of nitrogens with zero attached hydrogens (tertiary/aromatic N) is 2. The van der Waals surface area contributed by atoms with Gasteiger partial charge in [-0.1, -0.05) is 103 Å². The van der Waals surface area contributed by atoms with Crippen molar-refractivity contribution in [2.24, 2.45) is 10.2 Å². The monoisotopic (exact) mass is 362 g/mol. The Morgan fingerprint density at radius 1 is 0.536 bits per heavy atom. The molecule has 0 radical (unpaired) electrons. The highest BCUT2D eigenvalue weighted by molar-refractivity contribution is 5.50. The number of rotatable bonds is 5. The van der Waals surface area contributed by atoms with Crippen molar-refractivity contribution in [1.82, 2.24) is 0 Å². The Morgan fingerprint density at radius 3 is 1.43 bits per heavy atom. The van der Waals surface area contributed by atoms with Gasteiger partial charge in [-0.15, -0.1) is 0 Å². The topological polar surface area (TPSA) is 24.7 Å². The molecule has 0 aliphatic carbocycles. The SMILES string of the molecule is Cc1cccc(N=NC(c2ccccc2)(c2ccccc2)c2ccccc2)c1. The summed E-state index contributed by atoms with van der Waals surface area (Å²) in [4.78, 5) is 0. The van der Waals surface area contributed by atoms with Crippen molar-refractivity contribution in [1.29, 1.82) is 0 Å². The van der Waals surface area contributed by atoms with Crippen LogP contribution in [0.2, 0.25) is 0 Å². The standard InChI is InChI=1S/C26H22N2/c1-21-12-11-19-25(20-21)27-28-26(22-13-5-2-6-14-22,23-15-7-3-8-16-23)24-17-9-4-10-18-24/h2-20H,1H3. The van der Waals surface area contributed by atoms with Gasteiger partial charge in [0.05, 0.1) is 5.69 Å². The molecule has 0 fully saturated rings. The van der Waals surface area contributed by atoms with E-state index in [1.807, 2.05) is 30.3 Å². The smallest absolute Gasteiger partial charge is 0.157 e. The first-order valence-electron chi connectivity index (χ1n) is 9.45. The summed E-state index contributed by atoms with van der Waals surface area (Å²) in [5.41, 5.74) is 4.57. The molecule has 0 aromatic heterocycles. The first-order valence-corrected chi connectivity index (χ1v) is 9.45. The fourth-order valence-electron chi connectivity index (χ4n) is 3.53. The van der Waals surface area contributed by atoms with Crippen LogP contribution in [0, 0.1) is 6.92 Å². The molecule has 28 heavy (non-hydrogen) atoms. The molecule has 0 heterocycles. The van der Waals surface area contributed by atoms with Gasteiger partial charge in [-0.05, 0) is 41.3 Å². The number of benzene rings is 4. The van der Waals surface area contributed by atoms with Crippen LogP contribution in [0.1, 0.15) is 22.3 Å². The fraction of sp³-hybridized carbons (Fsp3) is 0.0769. The Hall–Kier alpha value is -3.52. The van der Waals surface area contributed by atoms with Crippen LogP contribution in [-0.4, -0.2) is 0 Å². The van der Waals surface area contributed by atoms with E-state index in [0.29, 0.717) is 0 Å². The van der Waals surface area contributed by atoms with Gasteiger partial charge in [-0.25, -0.2) is 0 Å². The molecule has 0 unspecified atom stereocenters. The highest BCUT2D eigenvalue weighted by Crippen LogP contribution is 2.41. The maximum absolute atomic E-state index is 5.00. The molecule has 0 N–H and O–H groups in total. The summed E-state index contributed by atoms with van der Waals surface area (Å²) < 4.78 is 0. The lowest BCUT2D eigenvalue weighted by Crippen LogP contribution is -2.26. The van der Waals surface area contributed by atoms with Crippen molar-refractivity contribution < 1.29 is 0 Å². The molecule has 0 amide bonds. The van der Waals surface area contributed by atoms with Gasteiger partial charge in [-0.2, -0.15) is 10.2 Å². The van der Waals surface area contributed by atoms with Gasteiger partial charge in [0.1, 0.15) is 0 Å². The van der Waals surface area contributed by atoms with Crippen molar-refractivity contribution >= 4 is 5.69 Å². The summed E-state index contributed by atoms with van der Waals surface area (Å²) in [5, 5.41) is 9.70. The van der Waals surface area contributed by atoms with Gasteiger partial charge in [-0.3, -0.25) is 0 Å². The normalized spacial score (nSPS) is 11.6. The minimum Gasteiger partial charge on any atom is -0.167 e. The molecule has 0 aliphatic rings. The lowest BCUT2D eigenvalue weighted by molar-refractivity contribution is 0.618. The summed E-state index contributed by atoms with van der Waals surface area (Å²) in [6.45, 7) is 2.07. The average molecular weight is 362 g/mol. The maximum atomic E-state index is 5.00. The van der Waals surface area contributed by atoms with E-state index in [1.54, 1.807) is 0 Å². The second-order valence-corrected chi connectivity index (χ2v) is 6.85. The number of hydrogen-bond acceptors (Lipinski definition) is 2. The van der Waals surface area contributed by atoms with Crippen molar-refractivity contribution in [2.75, 3.05) is 0 Å². The van der Waals surface area contributed by atoms with Crippen LogP contribution in [0.25, 0.3) is 0 Å². The largest absolute Gasteiger partial charge is 0.167 e. The van der Waals surface area contributed by atoms with Gasteiger partial charge >= 0.3 is 0 Å². The highest BCUT2D eigenvalue weighted by Gasteiger charge is 2.36. The Morgan fingerprint density at radius 2 is 1.00 bits per heavy atom. The first kappa shape index (κ1) is 17.9. The molecule has 2 nitrogen and oxygen atoms in total. The van der Waals surface area contributed by atoms with Gasteiger partial charge in [0, 0.05) is 0 Å². The molecule has 0 atom stereocenters. The minimum absolute atomic E-state index is 0.715. The van der Waals surface area contributed by atoms with E-state index in [9.17, 15) is 0 Å². The van der Waals surface area contributed by atoms with Gasteiger partial charge in [0.2, 0.25) is 0 Å². The van der Waals surface area contributed by atoms with E-state index >= 15 is 0 Å². The molecule has 136 valence electrons. The van der Waals surface area contributed by atoms with Gasteiger partial charge in [0.25, 0.3) is 0 Å². The van der Waals surface area contributed by atoms with Crippen LogP contribution in [0.15, 0.2) is 125 Å². The number of aryl methyl sites for hydroxylation is 1.